The number of thioether (sulfide) groups is 1. The Balaban J connectivity index is 1.56. The summed E-state index contributed by atoms with van der Waals surface area (Å²) < 4.78 is 0. The van der Waals surface area contributed by atoms with E-state index >= 15 is 0 Å². The van der Waals surface area contributed by atoms with E-state index in [1.807, 2.05) is 6.92 Å². The number of rotatable bonds is 5. The van der Waals surface area contributed by atoms with E-state index in [1.54, 1.807) is 23.5 Å². The molecular formula is C21H23N3O3S2. The maximum atomic E-state index is 12.8. The molecule has 0 spiro atoms. The first-order valence-corrected chi connectivity index (χ1v) is 11.4. The Morgan fingerprint density at radius 2 is 2.17 bits per heavy atom. The molecule has 1 aromatic carbocycles. The van der Waals surface area contributed by atoms with Gasteiger partial charge >= 0.3 is 0 Å². The number of fused-ring (bicyclic) bond motifs is 3. The molecule has 29 heavy (non-hydrogen) atoms. The summed E-state index contributed by atoms with van der Waals surface area (Å²) in [4.78, 5) is 35.0. The molecule has 0 bridgehead atoms. The van der Waals surface area contributed by atoms with Gasteiger partial charge in [0.1, 0.15) is 10.6 Å². The molecule has 3 N–H and O–H groups in total. The number of carbonyl (C=O) groups excluding carboxylic acids is 1. The van der Waals surface area contributed by atoms with Gasteiger partial charge in [-0.2, -0.15) is 0 Å². The summed E-state index contributed by atoms with van der Waals surface area (Å²) >= 11 is 2.88. The number of amides is 1. The van der Waals surface area contributed by atoms with Gasteiger partial charge in [0, 0.05) is 10.6 Å². The molecule has 1 aliphatic rings. The van der Waals surface area contributed by atoms with E-state index in [-0.39, 0.29) is 22.5 Å². The number of carbonyl (C=O) groups is 1. The molecule has 0 saturated carbocycles. The molecule has 2 aromatic heterocycles. The third-order valence-corrected chi connectivity index (χ3v) is 7.59. The second kappa shape index (κ2) is 8.20. The van der Waals surface area contributed by atoms with Crippen LogP contribution in [-0.4, -0.2) is 26.2 Å². The number of aromatic amines is 1. The van der Waals surface area contributed by atoms with E-state index in [0.717, 1.165) is 35.0 Å². The number of nitrogens with one attached hydrogen (secondary N) is 2. The summed E-state index contributed by atoms with van der Waals surface area (Å²) in [6.07, 6.45) is 3.63. The van der Waals surface area contributed by atoms with Crippen molar-refractivity contribution < 1.29 is 9.90 Å². The van der Waals surface area contributed by atoms with Gasteiger partial charge in [0.05, 0.1) is 10.6 Å². The number of aromatic nitrogens is 2. The Morgan fingerprint density at radius 3 is 2.90 bits per heavy atom. The number of aryl methyl sites for hydroxylation is 1. The maximum Gasteiger partial charge on any atom is 0.260 e. The Kier molecular flexibility index (Phi) is 5.65. The second-order valence-electron chi connectivity index (χ2n) is 7.45. The number of H-pyrrole nitrogens is 1. The van der Waals surface area contributed by atoms with E-state index in [1.165, 1.54) is 28.8 Å². The number of phenolic OH excluding ortho intramolecular Hbond substituents is 1. The van der Waals surface area contributed by atoms with Gasteiger partial charge in [0.2, 0.25) is 5.91 Å². The summed E-state index contributed by atoms with van der Waals surface area (Å²) in [6.45, 7) is 4.17. The van der Waals surface area contributed by atoms with Crippen LogP contribution in [0, 0.1) is 5.92 Å². The van der Waals surface area contributed by atoms with Crippen LogP contribution < -0.4 is 10.9 Å². The van der Waals surface area contributed by atoms with Crippen molar-refractivity contribution in [3.8, 4) is 5.75 Å². The highest BCUT2D eigenvalue weighted by atomic mass is 32.2. The van der Waals surface area contributed by atoms with Crippen molar-refractivity contribution in [2.75, 3.05) is 5.32 Å². The van der Waals surface area contributed by atoms with Crippen LogP contribution in [0.5, 0.6) is 5.75 Å². The molecular weight excluding hydrogens is 406 g/mol. The van der Waals surface area contributed by atoms with Crippen LogP contribution in [0.2, 0.25) is 0 Å². The van der Waals surface area contributed by atoms with Gasteiger partial charge in [-0.05, 0) is 61.4 Å². The van der Waals surface area contributed by atoms with Crippen LogP contribution in [-0.2, 0) is 17.6 Å². The molecule has 2 heterocycles. The highest BCUT2D eigenvalue weighted by Gasteiger charge is 2.24. The third-order valence-electron chi connectivity index (χ3n) is 5.20. The van der Waals surface area contributed by atoms with Gasteiger partial charge in [0.25, 0.3) is 5.56 Å². The minimum absolute atomic E-state index is 0.113. The average molecular weight is 430 g/mol. The van der Waals surface area contributed by atoms with Crippen molar-refractivity contribution in [1.29, 1.82) is 0 Å². The van der Waals surface area contributed by atoms with Crippen molar-refractivity contribution in [1.82, 2.24) is 9.97 Å². The SMILES string of the molecule is CCC(Sc1nc2sc3c(c2c(=O)[nH]1)CCC(C)C3)C(=O)Nc1ccc(O)cc1. The maximum absolute atomic E-state index is 12.8. The lowest BCUT2D eigenvalue weighted by Gasteiger charge is -2.17. The van der Waals surface area contributed by atoms with Gasteiger partial charge in [-0.1, -0.05) is 25.6 Å². The van der Waals surface area contributed by atoms with Gasteiger partial charge < -0.3 is 15.4 Å². The molecule has 2 atom stereocenters. The van der Waals surface area contributed by atoms with Gasteiger partial charge in [-0.15, -0.1) is 11.3 Å². The minimum atomic E-state index is -0.390. The number of phenols is 1. The Hall–Kier alpha value is -2.32. The van der Waals surface area contributed by atoms with Crippen LogP contribution in [0.4, 0.5) is 5.69 Å². The lowest BCUT2D eigenvalue weighted by Crippen LogP contribution is -2.25. The molecule has 6 nitrogen and oxygen atoms in total. The van der Waals surface area contributed by atoms with E-state index in [2.05, 4.69) is 22.2 Å². The quantitative estimate of drug-likeness (QED) is 0.319. The number of thiophene rings is 1. The smallest absolute Gasteiger partial charge is 0.260 e. The summed E-state index contributed by atoms with van der Waals surface area (Å²) in [6, 6.07) is 6.34. The molecule has 1 amide bonds. The molecule has 0 saturated heterocycles. The Morgan fingerprint density at radius 1 is 1.41 bits per heavy atom. The highest BCUT2D eigenvalue weighted by molar-refractivity contribution is 8.00. The topological polar surface area (TPSA) is 95.1 Å². The zero-order chi connectivity index (χ0) is 20.5. The van der Waals surface area contributed by atoms with Crippen molar-refractivity contribution in [3.63, 3.8) is 0 Å². The fraction of sp³-hybridized carbons (Fsp3) is 0.381. The van der Waals surface area contributed by atoms with E-state index < -0.39 is 0 Å². The predicted octanol–water partition coefficient (Wildman–Crippen LogP) is 4.32. The van der Waals surface area contributed by atoms with Gasteiger partial charge in [-0.25, -0.2) is 4.98 Å². The average Bonchev–Trinajstić information content (AvgIpc) is 3.05. The number of benzene rings is 1. The molecule has 2 unspecified atom stereocenters. The summed E-state index contributed by atoms with van der Waals surface area (Å²) in [5.41, 5.74) is 1.66. The first-order valence-electron chi connectivity index (χ1n) is 9.75. The van der Waals surface area contributed by atoms with Crippen molar-refractivity contribution in [3.05, 3.63) is 45.1 Å². The molecule has 3 aromatic rings. The second-order valence-corrected chi connectivity index (χ2v) is 9.73. The Labute approximate surface area is 176 Å². The number of hydrogen-bond acceptors (Lipinski definition) is 6. The molecule has 152 valence electrons. The molecule has 8 heteroatoms. The van der Waals surface area contributed by atoms with E-state index in [0.29, 0.717) is 23.2 Å². The number of aromatic hydroxyl groups is 1. The van der Waals surface area contributed by atoms with Crippen molar-refractivity contribution in [2.45, 2.75) is 49.9 Å². The largest absolute Gasteiger partial charge is 0.508 e. The Bertz CT molecular complexity index is 1100. The van der Waals surface area contributed by atoms with Crippen LogP contribution in [0.15, 0.2) is 34.2 Å². The van der Waals surface area contributed by atoms with E-state index in [9.17, 15) is 14.7 Å². The molecule has 0 aliphatic heterocycles. The minimum Gasteiger partial charge on any atom is -0.508 e. The van der Waals surface area contributed by atoms with Crippen molar-refractivity contribution >= 4 is 44.9 Å². The first kappa shape index (κ1) is 20.0. The number of nitrogens with zero attached hydrogens (tertiary/aromatic N) is 1. The molecule has 4 rings (SSSR count). The van der Waals surface area contributed by atoms with Gasteiger partial charge in [-0.3, -0.25) is 9.59 Å². The fourth-order valence-electron chi connectivity index (χ4n) is 3.61. The summed E-state index contributed by atoms with van der Waals surface area (Å²) in [5, 5.41) is 13.0. The monoisotopic (exact) mass is 429 g/mol. The first-order chi connectivity index (χ1) is 13.9. The summed E-state index contributed by atoms with van der Waals surface area (Å²) in [5.74, 6) is 0.620. The lowest BCUT2D eigenvalue weighted by molar-refractivity contribution is -0.115. The number of anilines is 1. The van der Waals surface area contributed by atoms with Crippen molar-refractivity contribution in [2.24, 2.45) is 5.92 Å². The molecule has 1 aliphatic carbocycles. The van der Waals surface area contributed by atoms with Crippen LogP contribution >= 0.6 is 23.1 Å². The zero-order valence-corrected chi connectivity index (χ0v) is 18.0. The predicted molar refractivity (Wildman–Crippen MR) is 118 cm³/mol. The standard InChI is InChI=1S/C21H23N3O3S2/c1-3-15(18(26)22-12-5-7-13(25)8-6-12)29-21-23-19(27)17-14-9-4-11(2)10-16(14)28-20(17)24-21/h5-8,11,15,25H,3-4,9-10H2,1-2H3,(H,22,26)(H,23,24,27). The summed E-state index contributed by atoms with van der Waals surface area (Å²) in [7, 11) is 0. The zero-order valence-electron chi connectivity index (χ0n) is 16.3. The lowest BCUT2D eigenvalue weighted by atomic mass is 9.89. The highest BCUT2D eigenvalue weighted by Crippen LogP contribution is 2.36. The molecule has 0 fully saturated rings. The van der Waals surface area contributed by atoms with Crippen LogP contribution in [0.25, 0.3) is 10.2 Å². The third kappa shape index (κ3) is 4.18. The normalized spacial score (nSPS) is 17.1. The molecule has 0 radical (unpaired) electrons. The van der Waals surface area contributed by atoms with E-state index in [4.69, 9.17) is 0 Å². The fourth-order valence-corrected chi connectivity index (χ4v) is 5.95. The van der Waals surface area contributed by atoms with Gasteiger partial charge in [0.15, 0.2) is 5.16 Å². The number of hydrogen-bond donors (Lipinski definition) is 3. The van der Waals surface area contributed by atoms with Crippen LogP contribution in [0.1, 0.15) is 37.1 Å². The van der Waals surface area contributed by atoms with Crippen LogP contribution in [0.3, 0.4) is 0 Å².